The highest BCUT2D eigenvalue weighted by Crippen LogP contribution is 2.23. The summed E-state index contributed by atoms with van der Waals surface area (Å²) in [6, 6.07) is 22.5. The van der Waals surface area contributed by atoms with Crippen LogP contribution in [0.25, 0.3) is 0 Å². The number of halogens is 1. The first-order valence-electron chi connectivity index (χ1n) is 13.8. The summed E-state index contributed by atoms with van der Waals surface area (Å²) in [4.78, 5) is 29.0. The van der Waals surface area contributed by atoms with Crippen molar-refractivity contribution in [3.63, 3.8) is 0 Å². The number of hydrogen-bond acceptors (Lipinski definition) is 5. The predicted octanol–water partition coefficient (Wildman–Crippen LogP) is 3.85. The molecular weight excluding hydrogens is 562 g/mol. The predicted molar refractivity (Wildman–Crippen MR) is 159 cm³/mol. The molecule has 8 nitrogen and oxygen atoms in total. The average Bonchev–Trinajstić information content (AvgIpc) is 3.79. The van der Waals surface area contributed by atoms with Gasteiger partial charge in [-0.05, 0) is 66.6 Å². The summed E-state index contributed by atoms with van der Waals surface area (Å²) in [6.45, 7) is 0.465. The maximum atomic E-state index is 13.8. The van der Waals surface area contributed by atoms with Crippen molar-refractivity contribution in [3.05, 3.63) is 101 Å². The van der Waals surface area contributed by atoms with Crippen LogP contribution in [0.3, 0.4) is 0 Å². The van der Waals surface area contributed by atoms with E-state index in [1.165, 1.54) is 0 Å². The number of carbonyl (C=O) groups excluding carboxylic acids is 2. The minimum Gasteiger partial charge on any atom is -0.396 e. The van der Waals surface area contributed by atoms with E-state index < -0.39 is 16.1 Å². The zero-order valence-corrected chi connectivity index (χ0v) is 24.4. The number of sulfonamides is 1. The molecule has 218 valence electrons. The van der Waals surface area contributed by atoms with Crippen molar-refractivity contribution in [1.29, 1.82) is 0 Å². The number of aryl methyl sites for hydroxylation is 1. The first kappa shape index (κ1) is 30.7. The van der Waals surface area contributed by atoms with Crippen LogP contribution in [0.15, 0.2) is 83.8 Å². The van der Waals surface area contributed by atoms with Gasteiger partial charge in [-0.1, -0.05) is 66.2 Å². The molecule has 10 heteroatoms. The fraction of sp³-hybridized carbons (Fsp3) is 0.355. The van der Waals surface area contributed by atoms with Gasteiger partial charge in [-0.3, -0.25) is 9.59 Å². The number of benzene rings is 3. The van der Waals surface area contributed by atoms with Gasteiger partial charge < -0.3 is 15.3 Å². The Kier molecular flexibility index (Phi) is 10.9. The van der Waals surface area contributed by atoms with Crippen molar-refractivity contribution in [2.45, 2.75) is 62.0 Å². The third-order valence-electron chi connectivity index (χ3n) is 6.93. The van der Waals surface area contributed by atoms with E-state index in [4.69, 9.17) is 11.6 Å². The van der Waals surface area contributed by atoms with Crippen LogP contribution in [-0.2, 0) is 39.0 Å². The van der Waals surface area contributed by atoms with Crippen LogP contribution in [0, 0.1) is 0 Å². The molecule has 1 saturated carbocycles. The van der Waals surface area contributed by atoms with Gasteiger partial charge in [0.15, 0.2) is 0 Å². The summed E-state index contributed by atoms with van der Waals surface area (Å²) < 4.78 is 27.7. The third-order valence-corrected chi connectivity index (χ3v) is 8.72. The molecule has 2 amide bonds. The molecular formula is C31H36ClN3O5S. The van der Waals surface area contributed by atoms with Gasteiger partial charge in [-0.15, -0.1) is 0 Å². The van der Waals surface area contributed by atoms with Gasteiger partial charge in [0.25, 0.3) is 0 Å². The van der Waals surface area contributed by atoms with Crippen LogP contribution < -0.4 is 10.0 Å². The van der Waals surface area contributed by atoms with Crippen molar-refractivity contribution in [3.8, 4) is 0 Å². The van der Waals surface area contributed by atoms with E-state index in [9.17, 15) is 23.1 Å². The summed E-state index contributed by atoms with van der Waals surface area (Å²) in [5.74, 6) is -0.493. The number of rotatable bonds is 15. The largest absolute Gasteiger partial charge is 0.396 e. The zero-order chi connectivity index (χ0) is 29.2. The fourth-order valence-corrected chi connectivity index (χ4v) is 5.90. The van der Waals surface area contributed by atoms with Gasteiger partial charge >= 0.3 is 0 Å². The highest BCUT2D eigenvalue weighted by molar-refractivity contribution is 7.89. The minimum absolute atomic E-state index is 0.0218. The number of carbonyl (C=O) groups is 2. The van der Waals surface area contributed by atoms with E-state index in [1.54, 1.807) is 41.3 Å². The van der Waals surface area contributed by atoms with Crippen LogP contribution in [0.5, 0.6) is 0 Å². The first-order chi connectivity index (χ1) is 19.7. The molecule has 0 radical (unpaired) electrons. The molecule has 3 aromatic carbocycles. The Labute approximate surface area is 246 Å². The lowest BCUT2D eigenvalue weighted by molar-refractivity contribution is -0.141. The van der Waals surface area contributed by atoms with Crippen LogP contribution in [0.1, 0.15) is 42.4 Å². The van der Waals surface area contributed by atoms with Crippen molar-refractivity contribution in [2.75, 3.05) is 13.2 Å². The van der Waals surface area contributed by atoms with Crippen LogP contribution >= 0.6 is 11.6 Å². The molecule has 1 atom stereocenters. The Morgan fingerprint density at radius 2 is 1.59 bits per heavy atom. The molecule has 0 aromatic heterocycles. The number of hydrogen-bond donors (Lipinski definition) is 3. The van der Waals surface area contributed by atoms with Crippen molar-refractivity contribution >= 4 is 33.4 Å². The molecule has 1 aliphatic carbocycles. The molecule has 0 bridgehead atoms. The Morgan fingerprint density at radius 3 is 2.22 bits per heavy atom. The minimum atomic E-state index is -3.55. The monoisotopic (exact) mass is 597 g/mol. The number of aliphatic hydroxyl groups excluding tert-OH is 1. The fourth-order valence-electron chi connectivity index (χ4n) is 4.47. The van der Waals surface area contributed by atoms with E-state index in [-0.39, 0.29) is 42.3 Å². The number of aliphatic hydroxyl groups is 1. The molecule has 1 aliphatic rings. The van der Waals surface area contributed by atoms with E-state index in [0.29, 0.717) is 30.8 Å². The quantitative estimate of drug-likeness (QED) is 0.230. The molecule has 0 saturated heterocycles. The molecule has 0 spiro atoms. The third kappa shape index (κ3) is 9.39. The number of nitrogens with zero attached hydrogens (tertiary/aromatic N) is 1. The molecule has 0 unspecified atom stereocenters. The molecule has 3 N–H and O–H groups in total. The summed E-state index contributed by atoms with van der Waals surface area (Å²) >= 11 is 6.08. The number of amides is 2. The molecule has 1 fully saturated rings. The summed E-state index contributed by atoms with van der Waals surface area (Å²) in [6.07, 6.45) is 2.97. The van der Waals surface area contributed by atoms with Crippen molar-refractivity contribution < 1.29 is 23.1 Å². The summed E-state index contributed by atoms with van der Waals surface area (Å²) in [5.41, 5.74) is 2.57. The van der Waals surface area contributed by atoms with Crippen LogP contribution in [0.4, 0.5) is 0 Å². The van der Waals surface area contributed by atoms with Crippen molar-refractivity contribution in [1.82, 2.24) is 14.9 Å². The van der Waals surface area contributed by atoms with E-state index >= 15 is 0 Å². The Hall–Kier alpha value is -3.24. The Morgan fingerprint density at radius 1 is 0.927 bits per heavy atom. The van der Waals surface area contributed by atoms with Gasteiger partial charge in [0.05, 0.1) is 4.90 Å². The Bertz CT molecular complexity index is 1400. The highest BCUT2D eigenvalue weighted by atomic mass is 35.5. The van der Waals surface area contributed by atoms with Crippen LogP contribution in [-0.4, -0.2) is 55.5 Å². The Balaban J connectivity index is 1.53. The van der Waals surface area contributed by atoms with Gasteiger partial charge in [-0.25, -0.2) is 13.1 Å². The molecule has 41 heavy (non-hydrogen) atoms. The topological polar surface area (TPSA) is 116 Å². The highest BCUT2D eigenvalue weighted by Gasteiger charge is 2.30. The second kappa shape index (κ2) is 14.6. The lowest BCUT2D eigenvalue weighted by Gasteiger charge is -2.31. The molecule has 3 aromatic rings. The maximum Gasteiger partial charge on any atom is 0.243 e. The second-order valence-corrected chi connectivity index (χ2v) is 12.4. The van der Waals surface area contributed by atoms with Gasteiger partial charge in [0.1, 0.15) is 6.04 Å². The van der Waals surface area contributed by atoms with Gasteiger partial charge in [-0.2, -0.15) is 0 Å². The van der Waals surface area contributed by atoms with E-state index in [2.05, 4.69) is 10.0 Å². The van der Waals surface area contributed by atoms with Crippen molar-refractivity contribution in [2.24, 2.45) is 0 Å². The summed E-state index contributed by atoms with van der Waals surface area (Å²) in [7, 11) is -3.55. The first-order valence-corrected chi connectivity index (χ1v) is 15.7. The summed E-state index contributed by atoms with van der Waals surface area (Å²) in [5, 5.41) is 12.6. The maximum absolute atomic E-state index is 13.8. The second-order valence-electron chi connectivity index (χ2n) is 10.3. The molecule has 4 rings (SSSR count). The lowest BCUT2D eigenvalue weighted by Crippen LogP contribution is -2.50. The average molecular weight is 598 g/mol. The number of nitrogens with one attached hydrogen (secondary N) is 2. The lowest BCUT2D eigenvalue weighted by atomic mass is 10.0. The zero-order valence-electron chi connectivity index (χ0n) is 22.8. The molecule has 0 heterocycles. The standard InChI is InChI=1S/C31H36ClN3O5S/c32-26-12-7-25(8-13-26)22-35(29(31(38)33-19-4-20-36)21-24-5-2-1-3-6-24)30(37)18-11-23-9-16-28(17-10-23)41(39,40)34-27-14-15-27/h1-3,5-10,12-13,16-17,27,29,34,36H,4,11,14-15,18-22H2,(H,33,38)/t29-/m0/s1. The smallest absolute Gasteiger partial charge is 0.243 e. The normalized spacial score (nSPS) is 13.9. The van der Waals surface area contributed by atoms with Crippen LogP contribution in [0.2, 0.25) is 5.02 Å². The van der Waals surface area contributed by atoms with Gasteiger partial charge in [0, 0.05) is 43.6 Å². The SMILES string of the molecule is O=C(NCCCO)[C@H](Cc1ccccc1)N(Cc1ccc(Cl)cc1)C(=O)CCc1ccc(S(=O)(=O)NC2CC2)cc1. The van der Waals surface area contributed by atoms with E-state index in [0.717, 1.165) is 29.5 Å². The molecule has 0 aliphatic heterocycles. The van der Waals surface area contributed by atoms with Gasteiger partial charge in [0.2, 0.25) is 21.8 Å². The van der Waals surface area contributed by atoms with E-state index in [1.807, 2.05) is 42.5 Å².